The zero-order valence-electron chi connectivity index (χ0n) is 16.3. The SMILES string of the molecule is Cc1nn(C)c2nc(-c3cccs3)cc(C(=O)OCCN3CCOC[C@H]3C)c12. The molecule has 0 unspecified atom stereocenters. The van der Waals surface area contributed by atoms with Gasteiger partial charge in [-0.1, -0.05) is 6.07 Å². The third kappa shape index (κ3) is 3.67. The molecule has 0 amide bonds. The number of aromatic nitrogens is 3. The number of morpholine rings is 1. The topological polar surface area (TPSA) is 69.5 Å². The van der Waals surface area contributed by atoms with Crippen LogP contribution in [0.3, 0.4) is 0 Å². The third-order valence-corrected chi connectivity index (χ3v) is 5.97. The summed E-state index contributed by atoms with van der Waals surface area (Å²) < 4.78 is 12.8. The van der Waals surface area contributed by atoms with Crippen molar-refractivity contribution in [2.75, 3.05) is 32.9 Å². The Morgan fingerprint density at radius 2 is 2.32 bits per heavy atom. The average Bonchev–Trinajstić information content (AvgIpc) is 3.31. The summed E-state index contributed by atoms with van der Waals surface area (Å²) in [6.07, 6.45) is 0. The van der Waals surface area contributed by atoms with Gasteiger partial charge in [0.1, 0.15) is 6.61 Å². The number of hydrogen-bond acceptors (Lipinski definition) is 7. The van der Waals surface area contributed by atoms with Crippen LogP contribution < -0.4 is 0 Å². The van der Waals surface area contributed by atoms with Gasteiger partial charge in [0.2, 0.25) is 0 Å². The van der Waals surface area contributed by atoms with E-state index >= 15 is 0 Å². The lowest BCUT2D eigenvalue weighted by atomic mass is 10.1. The van der Waals surface area contributed by atoms with E-state index in [0.717, 1.165) is 41.4 Å². The van der Waals surface area contributed by atoms with Crippen LogP contribution in [0.15, 0.2) is 23.6 Å². The molecule has 1 aliphatic heterocycles. The van der Waals surface area contributed by atoms with Gasteiger partial charge in [0.15, 0.2) is 5.65 Å². The smallest absolute Gasteiger partial charge is 0.339 e. The first-order valence-corrected chi connectivity index (χ1v) is 10.3. The van der Waals surface area contributed by atoms with Crippen LogP contribution in [-0.4, -0.2) is 64.6 Å². The number of hydrogen-bond donors (Lipinski definition) is 0. The van der Waals surface area contributed by atoms with Gasteiger partial charge in [-0.3, -0.25) is 9.58 Å². The molecule has 1 fully saturated rings. The van der Waals surface area contributed by atoms with Crippen LogP contribution in [0, 0.1) is 6.92 Å². The molecule has 1 atom stereocenters. The van der Waals surface area contributed by atoms with E-state index in [0.29, 0.717) is 30.4 Å². The van der Waals surface area contributed by atoms with Gasteiger partial charge in [-0.05, 0) is 31.4 Å². The van der Waals surface area contributed by atoms with E-state index < -0.39 is 0 Å². The molecule has 4 rings (SSSR count). The van der Waals surface area contributed by atoms with Crippen molar-refractivity contribution in [3.05, 3.63) is 34.8 Å². The Kier molecular flexibility index (Phi) is 5.43. The van der Waals surface area contributed by atoms with Gasteiger partial charge in [0.25, 0.3) is 0 Å². The quantitative estimate of drug-likeness (QED) is 0.614. The largest absolute Gasteiger partial charge is 0.461 e. The second-order valence-electron chi connectivity index (χ2n) is 7.04. The minimum atomic E-state index is -0.331. The van der Waals surface area contributed by atoms with E-state index in [9.17, 15) is 4.79 Å². The Labute approximate surface area is 167 Å². The summed E-state index contributed by atoms with van der Waals surface area (Å²) in [7, 11) is 1.84. The van der Waals surface area contributed by atoms with Gasteiger partial charge in [-0.25, -0.2) is 9.78 Å². The molecule has 0 spiro atoms. The van der Waals surface area contributed by atoms with E-state index in [4.69, 9.17) is 14.5 Å². The van der Waals surface area contributed by atoms with Crippen molar-refractivity contribution < 1.29 is 14.3 Å². The molecule has 1 saturated heterocycles. The molecule has 3 aromatic heterocycles. The van der Waals surface area contributed by atoms with Crippen LogP contribution in [0.5, 0.6) is 0 Å². The number of pyridine rings is 1. The van der Waals surface area contributed by atoms with Crippen molar-refractivity contribution >= 4 is 28.3 Å². The van der Waals surface area contributed by atoms with E-state index in [2.05, 4.69) is 16.9 Å². The maximum atomic E-state index is 12.9. The van der Waals surface area contributed by atoms with E-state index in [-0.39, 0.29) is 5.97 Å². The monoisotopic (exact) mass is 400 g/mol. The second-order valence-corrected chi connectivity index (χ2v) is 7.98. The van der Waals surface area contributed by atoms with Gasteiger partial charge in [-0.15, -0.1) is 11.3 Å². The molecule has 0 bridgehead atoms. The fraction of sp³-hybridized carbons (Fsp3) is 0.450. The maximum Gasteiger partial charge on any atom is 0.339 e. The summed E-state index contributed by atoms with van der Waals surface area (Å²) in [5.74, 6) is -0.331. The molecule has 0 aliphatic carbocycles. The Bertz CT molecular complexity index is 983. The zero-order valence-corrected chi connectivity index (χ0v) is 17.2. The molecular formula is C20H24N4O3S. The molecule has 148 valence electrons. The molecule has 3 aromatic rings. The molecule has 0 N–H and O–H groups in total. The van der Waals surface area contributed by atoms with E-state index in [1.165, 1.54) is 0 Å². The second kappa shape index (κ2) is 7.98. The van der Waals surface area contributed by atoms with Crippen molar-refractivity contribution in [2.24, 2.45) is 7.05 Å². The molecule has 8 heteroatoms. The van der Waals surface area contributed by atoms with Crippen LogP contribution in [0.4, 0.5) is 0 Å². The molecule has 1 aliphatic rings. The van der Waals surface area contributed by atoms with Crippen molar-refractivity contribution in [1.29, 1.82) is 0 Å². The number of esters is 1. The highest BCUT2D eigenvalue weighted by molar-refractivity contribution is 7.13. The van der Waals surface area contributed by atoms with Crippen LogP contribution in [0.25, 0.3) is 21.6 Å². The van der Waals surface area contributed by atoms with Crippen LogP contribution in [0.1, 0.15) is 23.0 Å². The van der Waals surface area contributed by atoms with Crippen molar-refractivity contribution in [2.45, 2.75) is 19.9 Å². The number of carbonyl (C=O) groups is 1. The fourth-order valence-corrected chi connectivity index (χ4v) is 4.27. The number of carbonyl (C=O) groups excluding carboxylic acids is 1. The summed E-state index contributed by atoms with van der Waals surface area (Å²) in [5.41, 5.74) is 2.75. The molecule has 4 heterocycles. The lowest BCUT2D eigenvalue weighted by Gasteiger charge is -2.32. The molecular weight excluding hydrogens is 376 g/mol. The highest BCUT2D eigenvalue weighted by atomic mass is 32.1. The summed E-state index contributed by atoms with van der Waals surface area (Å²) in [6.45, 7) is 7.37. The normalized spacial score (nSPS) is 17.9. The summed E-state index contributed by atoms with van der Waals surface area (Å²) in [6, 6.07) is 6.13. The number of fused-ring (bicyclic) bond motifs is 1. The highest BCUT2D eigenvalue weighted by Crippen LogP contribution is 2.29. The van der Waals surface area contributed by atoms with Gasteiger partial charge < -0.3 is 9.47 Å². The predicted octanol–water partition coefficient (Wildman–Crippen LogP) is 2.88. The minimum Gasteiger partial charge on any atom is -0.461 e. The van der Waals surface area contributed by atoms with E-state index in [1.54, 1.807) is 16.0 Å². The van der Waals surface area contributed by atoms with Crippen molar-refractivity contribution in [3.63, 3.8) is 0 Å². The van der Waals surface area contributed by atoms with Crippen LogP contribution >= 0.6 is 11.3 Å². The first-order chi connectivity index (χ1) is 13.5. The zero-order chi connectivity index (χ0) is 19.7. The Morgan fingerprint density at radius 1 is 1.46 bits per heavy atom. The number of aryl methyl sites for hydroxylation is 2. The molecule has 0 radical (unpaired) electrons. The molecule has 0 aromatic carbocycles. The molecule has 28 heavy (non-hydrogen) atoms. The lowest BCUT2D eigenvalue weighted by molar-refractivity contribution is -0.0110. The lowest BCUT2D eigenvalue weighted by Crippen LogP contribution is -2.45. The predicted molar refractivity (Wildman–Crippen MR) is 109 cm³/mol. The number of thiophene rings is 1. The maximum absolute atomic E-state index is 12.9. The number of nitrogens with zero attached hydrogens (tertiary/aromatic N) is 4. The first-order valence-electron chi connectivity index (χ1n) is 9.41. The van der Waals surface area contributed by atoms with Crippen LogP contribution in [-0.2, 0) is 16.5 Å². The van der Waals surface area contributed by atoms with Crippen molar-refractivity contribution in [3.8, 4) is 10.6 Å². The van der Waals surface area contributed by atoms with Gasteiger partial charge in [0, 0.05) is 26.2 Å². The Morgan fingerprint density at radius 3 is 3.07 bits per heavy atom. The fourth-order valence-electron chi connectivity index (χ4n) is 3.58. The summed E-state index contributed by atoms with van der Waals surface area (Å²) in [5, 5.41) is 7.20. The number of ether oxygens (including phenoxy) is 2. The van der Waals surface area contributed by atoms with Crippen LogP contribution in [0.2, 0.25) is 0 Å². The van der Waals surface area contributed by atoms with Gasteiger partial charge in [0.05, 0.1) is 40.4 Å². The summed E-state index contributed by atoms with van der Waals surface area (Å²) in [4.78, 5) is 21.0. The first kappa shape index (κ1) is 19.0. The Balaban J connectivity index is 1.58. The van der Waals surface area contributed by atoms with E-state index in [1.807, 2.05) is 37.6 Å². The molecule has 0 saturated carbocycles. The third-order valence-electron chi connectivity index (χ3n) is 5.08. The molecule has 7 nitrogen and oxygen atoms in total. The summed E-state index contributed by atoms with van der Waals surface area (Å²) >= 11 is 1.59. The minimum absolute atomic E-state index is 0.331. The number of rotatable bonds is 5. The highest BCUT2D eigenvalue weighted by Gasteiger charge is 2.22. The Hall–Kier alpha value is -2.29. The van der Waals surface area contributed by atoms with Crippen molar-refractivity contribution in [1.82, 2.24) is 19.7 Å². The average molecular weight is 401 g/mol. The standard InChI is InChI=1S/C20H24N4O3S/c1-13-12-26-8-6-24(13)7-9-27-20(25)15-11-16(17-5-4-10-28-17)21-19-18(15)14(2)22-23(19)3/h4-5,10-11,13H,6-9,12H2,1-3H3/t13-/m1/s1. The van der Waals surface area contributed by atoms with Gasteiger partial charge >= 0.3 is 5.97 Å². The van der Waals surface area contributed by atoms with Gasteiger partial charge in [-0.2, -0.15) is 5.10 Å².